The van der Waals surface area contributed by atoms with Gasteiger partial charge in [-0.15, -0.1) is 19.7 Å². The standard InChI is InChI=1S/C38H32N8O12S3/c1-3-36(47)40-33-20-26(11-15-31(33)44-41-23-9-13-28(14-10-23)59-58-57-49)42-43-27-12-16-32(34(21-27)55-2)45-46-37-35(56-60(50)51)17-22-7-8-25(19-30(22)38(37)48)39-24-5-4-6-29(18-24)61(52,53)54/h4-21,39,48-49H,3H2,1-2H3,(H,40,47)(H,50,51)(H,52,53,54). The topological polar surface area (TPSA) is 284 Å². The number of hydrogen-bond donors (Lipinski definition) is 6. The fourth-order valence-corrected chi connectivity index (χ4v) is 6.50. The molecule has 0 bridgehead atoms. The minimum absolute atomic E-state index is 0.173. The van der Waals surface area contributed by atoms with Gasteiger partial charge in [-0.25, -0.2) is 5.26 Å². The minimum Gasteiger partial charge on any atom is -0.505 e. The summed E-state index contributed by atoms with van der Waals surface area (Å²) in [6.07, 6.45) is 0.206. The molecule has 1 unspecified atom stereocenters. The molecule has 1 atom stereocenters. The van der Waals surface area contributed by atoms with E-state index in [1.807, 2.05) is 0 Å². The summed E-state index contributed by atoms with van der Waals surface area (Å²) in [5.41, 5.74) is 2.51. The second kappa shape index (κ2) is 20.0. The average molecular weight is 889 g/mol. The maximum atomic E-state index is 12.3. The number of azo groups is 3. The molecule has 0 heterocycles. The Kier molecular flexibility index (Phi) is 14.4. The Morgan fingerprint density at radius 1 is 0.787 bits per heavy atom. The summed E-state index contributed by atoms with van der Waals surface area (Å²) in [5, 5.41) is 55.1. The molecule has 0 radical (unpaired) electrons. The van der Waals surface area contributed by atoms with E-state index in [1.54, 1.807) is 73.7 Å². The van der Waals surface area contributed by atoms with E-state index in [-0.39, 0.29) is 45.5 Å². The van der Waals surface area contributed by atoms with Crippen molar-refractivity contribution >= 4 is 101 Å². The van der Waals surface area contributed by atoms with Crippen molar-refractivity contribution in [2.24, 2.45) is 30.7 Å². The number of phenolic OH excluding ortho intramolecular Hbond substituents is 1. The highest BCUT2D eigenvalue weighted by Gasteiger charge is 2.18. The van der Waals surface area contributed by atoms with Crippen molar-refractivity contribution in [3.05, 3.63) is 109 Å². The predicted molar refractivity (Wildman–Crippen MR) is 225 cm³/mol. The van der Waals surface area contributed by atoms with Crippen LogP contribution in [0, 0.1) is 0 Å². The van der Waals surface area contributed by atoms with E-state index in [0.29, 0.717) is 50.1 Å². The van der Waals surface area contributed by atoms with Crippen LogP contribution in [-0.2, 0) is 35.6 Å². The normalized spacial score (nSPS) is 12.3. The predicted octanol–water partition coefficient (Wildman–Crippen LogP) is 11.1. The number of benzene rings is 6. The summed E-state index contributed by atoms with van der Waals surface area (Å²) >= 11 is -2.00. The van der Waals surface area contributed by atoms with Gasteiger partial charge in [0.1, 0.15) is 17.1 Å². The van der Waals surface area contributed by atoms with Crippen molar-refractivity contribution in [3.8, 4) is 17.2 Å². The van der Waals surface area contributed by atoms with Crippen LogP contribution in [0.4, 0.5) is 51.2 Å². The molecule has 6 N–H and O–H groups in total. The molecule has 0 aliphatic carbocycles. The maximum absolute atomic E-state index is 12.3. The van der Waals surface area contributed by atoms with E-state index in [2.05, 4.69) is 50.7 Å². The zero-order valence-corrected chi connectivity index (χ0v) is 34.0. The molecule has 0 saturated carbocycles. The Bertz CT molecular complexity index is 2810. The largest absolute Gasteiger partial charge is 0.505 e. The Labute approximate surface area is 353 Å². The van der Waals surface area contributed by atoms with Gasteiger partial charge in [-0.3, -0.25) is 13.9 Å². The zero-order valence-electron chi connectivity index (χ0n) is 31.6. The quantitative estimate of drug-likeness (QED) is 0.0124. The summed E-state index contributed by atoms with van der Waals surface area (Å²) < 4.78 is 68.9. The summed E-state index contributed by atoms with van der Waals surface area (Å²) in [5.74, 6) is -0.799. The number of methoxy groups -OCH3 is 1. The van der Waals surface area contributed by atoms with E-state index >= 15 is 0 Å². The van der Waals surface area contributed by atoms with E-state index < -0.39 is 27.2 Å². The number of nitrogens with one attached hydrogen (secondary N) is 2. The molecular formula is C38H32N8O12S3. The van der Waals surface area contributed by atoms with Gasteiger partial charge in [0.2, 0.25) is 5.91 Å². The molecule has 0 saturated heterocycles. The molecule has 0 aliphatic rings. The number of anilines is 3. The number of ether oxygens (including phenoxy) is 1. The molecule has 20 nitrogen and oxygen atoms in total. The molecule has 6 rings (SSSR count). The molecule has 6 aromatic carbocycles. The van der Waals surface area contributed by atoms with Crippen LogP contribution in [0.25, 0.3) is 10.8 Å². The lowest BCUT2D eigenvalue weighted by Crippen LogP contribution is -2.09. The van der Waals surface area contributed by atoms with Crippen LogP contribution in [0.15, 0.2) is 150 Å². The van der Waals surface area contributed by atoms with Crippen molar-refractivity contribution < 1.29 is 55.2 Å². The maximum Gasteiger partial charge on any atom is 0.357 e. The number of amides is 1. The number of fused-ring (bicyclic) bond motifs is 1. The van der Waals surface area contributed by atoms with E-state index in [1.165, 1.54) is 49.6 Å². The number of carbonyl (C=O) groups excluding carboxylic acids is 1. The molecule has 314 valence electrons. The number of nitrogens with zero attached hydrogens (tertiary/aromatic N) is 6. The van der Waals surface area contributed by atoms with Crippen LogP contribution in [0.5, 0.6) is 17.2 Å². The average Bonchev–Trinajstić information content (AvgIpc) is 3.24. The van der Waals surface area contributed by atoms with Crippen molar-refractivity contribution in [2.75, 3.05) is 17.7 Å². The molecule has 0 fully saturated rings. The molecule has 0 aromatic heterocycles. The van der Waals surface area contributed by atoms with Crippen LogP contribution in [0.1, 0.15) is 13.3 Å². The molecule has 6 aromatic rings. The SMILES string of the molecule is CCC(=O)Nc1cc(N=Nc2ccc(N=Nc3c(OS(=O)O)cc4ccc(Nc5cccc(S(=O)(=O)O)c5)cc4c3O)c(OC)c2)ccc1N=Nc1ccc(SOOO)cc1. The first-order valence-electron chi connectivity index (χ1n) is 17.4. The first-order valence-corrected chi connectivity index (χ1v) is 20.6. The molecule has 0 spiro atoms. The fourth-order valence-electron chi connectivity index (χ4n) is 5.33. The van der Waals surface area contributed by atoms with E-state index in [9.17, 15) is 31.6 Å². The van der Waals surface area contributed by atoms with Crippen LogP contribution in [-0.4, -0.2) is 45.1 Å². The Morgan fingerprint density at radius 3 is 2.15 bits per heavy atom. The minimum atomic E-state index is -4.46. The zero-order chi connectivity index (χ0) is 43.5. The van der Waals surface area contributed by atoms with Crippen LogP contribution >= 0.6 is 12.0 Å². The summed E-state index contributed by atoms with van der Waals surface area (Å²) in [6, 6.07) is 27.6. The third-order valence-electron chi connectivity index (χ3n) is 8.18. The van der Waals surface area contributed by atoms with Crippen molar-refractivity contribution in [1.82, 2.24) is 0 Å². The first kappa shape index (κ1) is 43.9. The van der Waals surface area contributed by atoms with Gasteiger partial charge in [0.05, 0.1) is 46.8 Å². The summed E-state index contributed by atoms with van der Waals surface area (Å²) in [4.78, 5) is 12.7. The van der Waals surface area contributed by atoms with Gasteiger partial charge in [-0.2, -0.15) is 28.0 Å². The molecule has 61 heavy (non-hydrogen) atoms. The van der Waals surface area contributed by atoms with Gasteiger partial charge in [-0.1, -0.05) is 24.1 Å². The highest BCUT2D eigenvalue weighted by molar-refractivity contribution is 7.94. The number of carbonyl (C=O) groups is 1. The van der Waals surface area contributed by atoms with Gasteiger partial charge in [0.25, 0.3) is 10.1 Å². The second-order valence-electron chi connectivity index (χ2n) is 12.2. The Balaban J connectivity index is 1.24. The van der Waals surface area contributed by atoms with Crippen molar-refractivity contribution in [1.29, 1.82) is 0 Å². The van der Waals surface area contributed by atoms with Gasteiger partial charge in [-0.05, 0) is 96.4 Å². The molecule has 1 amide bonds. The van der Waals surface area contributed by atoms with E-state index in [0.717, 1.165) is 12.0 Å². The number of phenols is 1. The van der Waals surface area contributed by atoms with Gasteiger partial charge in [0.15, 0.2) is 17.2 Å². The number of aromatic hydroxyl groups is 1. The smallest absolute Gasteiger partial charge is 0.357 e. The van der Waals surface area contributed by atoms with Crippen molar-refractivity contribution in [3.63, 3.8) is 0 Å². The summed E-state index contributed by atoms with van der Waals surface area (Å²) in [7, 11) is -3.07. The van der Waals surface area contributed by atoms with Gasteiger partial charge in [0, 0.05) is 34.1 Å². The third-order valence-corrected chi connectivity index (χ3v) is 9.95. The van der Waals surface area contributed by atoms with Crippen LogP contribution in [0.2, 0.25) is 0 Å². The Hall–Kier alpha value is -6.70. The van der Waals surface area contributed by atoms with E-state index in [4.69, 9.17) is 14.2 Å². The fraction of sp³-hybridized carbons (Fsp3) is 0.0789. The Morgan fingerprint density at radius 2 is 1.46 bits per heavy atom. The monoisotopic (exact) mass is 888 g/mol. The van der Waals surface area contributed by atoms with Crippen LogP contribution in [0.3, 0.4) is 0 Å². The highest BCUT2D eigenvalue weighted by Crippen LogP contribution is 2.46. The second-order valence-corrected chi connectivity index (χ2v) is 15.0. The number of hydrogen-bond acceptors (Lipinski definition) is 18. The van der Waals surface area contributed by atoms with Crippen LogP contribution < -0.4 is 19.6 Å². The summed E-state index contributed by atoms with van der Waals surface area (Å²) in [6.45, 7) is 1.70. The lowest BCUT2D eigenvalue weighted by molar-refractivity contribution is -0.432. The molecular weight excluding hydrogens is 857 g/mol. The molecule has 0 aliphatic heterocycles. The lowest BCUT2D eigenvalue weighted by Gasteiger charge is -2.12. The molecule has 23 heteroatoms. The lowest BCUT2D eigenvalue weighted by atomic mass is 10.1. The van der Waals surface area contributed by atoms with Gasteiger partial charge >= 0.3 is 11.4 Å². The van der Waals surface area contributed by atoms with Gasteiger partial charge < -0.3 is 24.7 Å². The highest BCUT2D eigenvalue weighted by atomic mass is 32.2. The first-order chi connectivity index (χ1) is 29.3. The third kappa shape index (κ3) is 11.7. The van der Waals surface area contributed by atoms with Crippen molar-refractivity contribution in [2.45, 2.75) is 23.1 Å². The number of rotatable bonds is 17.